The average Bonchev–Trinajstić information content (AvgIpc) is 2.76. The Balaban J connectivity index is 3.00. The maximum absolute atomic E-state index is 10.5. The second-order valence-corrected chi connectivity index (χ2v) is 6.42. The third kappa shape index (κ3) is 29.6. The third-order valence-corrected chi connectivity index (χ3v) is 3.67. The fourth-order valence-electron chi connectivity index (χ4n) is 1.94. The van der Waals surface area contributed by atoms with E-state index in [4.69, 9.17) is 54.2 Å². The summed E-state index contributed by atoms with van der Waals surface area (Å²) in [7, 11) is 1.64. The highest BCUT2D eigenvalue weighted by molar-refractivity contribution is 6.63. The summed E-state index contributed by atoms with van der Waals surface area (Å²) in [6.45, 7) is 8.57. The molecule has 0 radical (unpaired) electrons. The number of carbonyl (C=O) groups is 1. The monoisotopic (exact) mass is 474 g/mol. The summed E-state index contributed by atoms with van der Waals surface area (Å²) in [6, 6.07) is 0. The minimum Gasteiger partial charge on any atom is -0.382 e. The summed E-state index contributed by atoms with van der Waals surface area (Å²) in [6.07, 6.45) is 0.214. The van der Waals surface area contributed by atoms with Crippen molar-refractivity contribution < 1.29 is 47.4 Å². The van der Waals surface area contributed by atoms with Crippen LogP contribution in [0.1, 0.15) is 6.42 Å². The van der Waals surface area contributed by atoms with Gasteiger partial charge < -0.3 is 42.6 Å². The van der Waals surface area contributed by atoms with Gasteiger partial charge in [0.05, 0.1) is 112 Å². The van der Waals surface area contributed by atoms with Crippen molar-refractivity contribution >= 4 is 16.8 Å². The van der Waals surface area contributed by atoms with E-state index in [0.29, 0.717) is 112 Å². The third-order valence-electron chi connectivity index (χ3n) is 3.48. The van der Waals surface area contributed by atoms with Crippen LogP contribution in [0.2, 0.25) is 0 Å². The molecule has 10 nitrogen and oxygen atoms in total. The van der Waals surface area contributed by atoms with Gasteiger partial charge in [0.1, 0.15) is 0 Å². The minimum absolute atomic E-state index is 0.214. The molecule has 0 amide bonds. The first-order valence-electron chi connectivity index (χ1n) is 10.6. The van der Waals surface area contributed by atoms with Crippen LogP contribution in [0.5, 0.6) is 0 Å². The number of ether oxygens (including phenoxy) is 9. The predicted octanol–water partition coefficient (Wildman–Crippen LogP) is 0.921. The van der Waals surface area contributed by atoms with Gasteiger partial charge in [-0.1, -0.05) is 0 Å². The van der Waals surface area contributed by atoms with E-state index in [0.717, 1.165) is 0 Å². The van der Waals surface area contributed by atoms with Crippen LogP contribution in [0.25, 0.3) is 0 Å². The molecule has 0 atom stereocenters. The molecule has 0 heterocycles. The highest BCUT2D eigenvalue weighted by Crippen LogP contribution is 1.90. The van der Waals surface area contributed by atoms with Gasteiger partial charge in [0.15, 0.2) is 0 Å². The van der Waals surface area contributed by atoms with E-state index in [1.54, 1.807) is 7.11 Å². The SMILES string of the molecule is COCCOCCOCCOCCOCCOCCOCCOCCOCCC(=O)Cl. The van der Waals surface area contributed by atoms with E-state index >= 15 is 0 Å². The van der Waals surface area contributed by atoms with E-state index in [-0.39, 0.29) is 6.42 Å². The van der Waals surface area contributed by atoms with Crippen LogP contribution >= 0.6 is 11.6 Å². The van der Waals surface area contributed by atoms with Gasteiger partial charge in [0.2, 0.25) is 5.24 Å². The molecule has 0 rings (SSSR count). The largest absolute Gasteiger partial charge is 0.382 e. The molecule has 0 saturated heterocycles. The molecule has 0 aromatic carbocycles. The molecule has 0 aromatic rings. The van der Waals surface area contributed by atoms with Crippen LogP contribution in [0.15, 0.2) is 0 Å². The van der Waals surface area contributed by atoms with Crippen LogP contribution in [0.3, 0.4) is 0 Å². The highest BCUT2D eigenvalue weighted by Gasteiger charge is 1.97. The minimum atomic E-state index is -0.397. The van der Waals surface area contributed by atoms with Crippen LogP contribution < -0.4 is 0 Å². The summed E-state index contributed by atoms with van der Waals surface area (Å²) in [5.74, 6) is 0. The first kappa shape index (κ1) is 30.6. The van der Waals surface area contributed by atoms with E-state index in [9.17, 15) is 4.79 Å². The topological polar surface area (TPSA) is 100 Å². The van der Waals surface area contributed by atoms with Gasteiger partial charge in [-0.05, 0) is 11.6 Å². The van der Waals surface area contributed by atoms with Gasteiger partial charge in [-0.3, -0.25) is 4.79 Å². The quantitative estimate of drug-likeness (QED) is 0.126. The number of hydrogen-bond donors (Lipinski definition) is 0. The number of hydrogen-bond acceptors (Lipinski definition) is 10. The fourth-order valence-corrected chi connectivity index (χ4v) is 2.01. The second kappa shape index (κ2) is 27.6. The maximum atomic E-state index is 10.5. The molecule has 0 aliphatic rings. The smallest absolute Gasteiger partial charge is 0.223 e. The van der Waals surface area contributed by atoms with Gasteiger partial charge in [-0.15, -0.1) is 0 Å². The van der Waals surface area contributed by atoms with Gasteiger partial charge >= 0.3 is 0 Å². The lowest BCUT2D eigenvalue weighted by atomic mass is 10.5. The molecule has 0 saturated carbocycles. The molecule has 0 spiro atoms. The molecule has 0 aliphatic carbocycles. The summed E-state index contributed by atoms with van der Waals surface area (Å²) < 4.78 is 47.6. The fraction of sp³-hybridized carbons (Fsp3) is 0.950. The van der Waals surface area contributed by atoms with Crippen LogP contribution in [-0.4, -0.2) is 125 Å². The Morgan fingerprint density at radius 2 is 0.677 bits per heavy atom. The van der Waals surface area contributed by atoms with E-state index in [2.05, 4.69) is 0 Å². The zero-order valence-corrected chi connectivity index (χ0v) is 19.4. The zero-order chi connectivity index (χ0) is 22.7. The van der Waals surface area contributed by atoms with E-state index < -0.39 is 5.24 Å². The van der Waals surface area contributed by atoms with Crippen molar-refractivity contribution in [2.24, 2.45) is 0 Å². The number of rotatable bonds is 27. The summed E-state index contributed by atoms with van der Waals surface area (Å²) in [5, 5.41) is -0.397. The average molecular weight is 475 g/mol. The molecule has 0 aromatic heterocycles. The van der Waals surface area contributed by atoms with Crippen LogP contribution in [0.4, 0.5) is 0 Å². The standard InChI is InChI=1S/C20H39ClO10/c1-23-4-5-25-8-9-27-12-13-29-16-17-31-19-18-30-15-14-28-11-10-26-7-6-24-3-2-20(21)22/h2-19H2,1H3. The van der Waals surface area contributed by atoms with Gasteiger partial charge in [-0.25, -0.2) is 0 Å². The molecule has 31 heavy (non-hydrogen) atoms. The van der Waals surface area contributed by atoms with E-state index in [1.807, 2.05) is 0 Å². The number of carbonyl (C=O) groups excluding carboxylic acids is 1. The second-order valence-electron chi connectivity index (χ2n) is 6.00. The molecular weight excluding hydrogens is 436 g/mol. The molecule has 11 heteroatoms. The first-order valence-corrected chi connectivity index (χ1v) is 10.9. The predicted molar refractivity (Wildman–Crippen MR) is 114 cm³/mol. The first-order chi connectivity index (χ1) is 15.3. The van der Waals surface area contributed by atoms with Crippen LogP contribution in [0, 0.1) is 0 Å². The van der Waals surface area contributed by atoms with Crippen molar-refractivity contribution in [3.05, 3.63) is 0 Å². The van der Waals surface area contributed by atoms with Crippen molar-refractivity contribution in [3.8, 4) is 0 Å². The molecule has 186 valence electrons. The van der Waals surface area contributed by atoms with Crippen molar-refractivity contribution in [2.75, 3.05) is 119 Å². The number of methoxy groups -OCH3 is 1. The molecular formula is C20H39ClO10. The Morgan fingerprint density at radius 3 is 0.903 bits per heavy atom. The Bertz CT molecular complexity index is 363. The Labute approximate surface area is 190 Å². The van der Waals surface area contributed by atoms with Crippen LogP contribution in [-0.2, 0) is 47.4 Å². The summed E-state index contributed by atoms with van der Waals surface area (Å²) in [4.78, 5) is 10.5. The maximum Gasteiger partial charge on any atom is 0.223 e. The van der Waals surface area contributed by atoms with Crippen molar-refractivity contribution in [1.29, 1.82) is 0 Å². The normalized spacial score (nSPS) is 11.3. The van der Waals surface area contributed by atoms with Gasteiger partial charge in [0.25, 0.3) is 0 Å². The van der Waals surface area contributed by atoms with Crippen molar-refractivity contribution in [3.63, 3.8) is 0 Å². The molecule has 0 bridgehead atoms. The molecule has 0 unspecified atom stereocenters. The highest BCUT2D eigenvalue weighted by atomic mass is 35.5. The van der Waals surface area contributed by atoms with Crippen molar-refractivity contribution in [2.45, 2.75) is 6.42 Å². The Morgan fingerprint density at radius 1 is 0.452 bits per heavy atom. The molecule has 0 N–H and O–H groups in total. The summed E-state index contributed by atoms with van der Waals surface area (Å²) >= 11 is 5.19. The molecule has 0 fully saturated rings. The van der Waals surface area contributed by atoms with E-state index in [1.165, 1.54) is 0 Å². The Hall–Kier alpha value is -0.400. The lowest BCUT2D eigenvalue weighted by molar-refractivity contribution is -0.112. The van der Waals surface area contributed by atoms with Gasteiger partial charge in [-0.2, -0.15) is 0 Å². The lowest BCUT2D eigenvalue weighted by Gasteiger charge is -2.08. The lowest BCUT2D eigenvalue weighted by Crippen LogP contribution is -2.15. The number of halogens is 1. The molecule has 0 aliphatic heterocycles. The van der Waals surface area contributed by atoms with Gasteiger partial charge in [0, 0.05) is 13.5 Å². The van der Waals surface area contributed by atoms with Crippen molar-refractivity contribution in [1.82, 2.24) is 0 Å². The zero-order valence-electron chi connectivity index (χ0n) is 18.7. The summed E-state index contributed by atoms with van der Waals surface area (Å²) in [5.41, 5.74) is 0. The Kier molecular flexibility index (Phi) is 27.3.